The number of carbonyl (C=O) groups is 1. The van der Waals surface area contributed by atoms with Gasteiger partial charge in [0.1, 0.15) is 0 Å². The highest BCUT2D eigenvalue weighted by molar-refractivity contribution is 6.88. The first-order chi connectivity index (χ1) is 8.78. The third-order valence-electron chi connectivity index (χ3n) is 3.70. The van der Waals surface area contributed by atoms with Crippen LogP contribution < -0.4 is 5.19 Å². The summed E-state index contributed by atoms with van der Waals surface area (Å²) in [5, 5.41) is 9.47. The number of hydrogen-bond acceptors (Lipinski definition) is 1. The van der Waals surface area contributed by atoms with Gasteiger partial charge in [-0.15, -0.1) is 0 Å². The molecule has 0 spiro atoms. The fraction of sp³-hybridized carbons (Fsp3) is 0.533. The van der Waals surface area contributed by atoms with E-state index in [1.54, 1.807) is 0 Å². The van der Waals surface area contributed by atoms with Gasteiger partial charge in [0, 0.05) is 6.42 Å². The van der Waals surface area contributed by atoms with E-state index in [-0.39, 0.29) is 17.5 Å². The third-order valence-corrected chi connectivity index (χ3v) is 8.28. The molecular weight excluding hydrogens is 258 g/mol. The number of halogens is 1. The second-order valence-electron chi connectivity index (χ2n) is 5.67. The summed E-state index contributed by atoms with van der Waals surface area (Å²) in [6.45, 7) is 7.80. The van der Waals surface area contributed by atoms with Gasteiger partial charge in [-0.2, -0.15) is 0 Å². The molecular formula is C15H23FO2Si. The van der Waals surface area contributed by atoms with Crippen molar-refractivity contribution in [2.45, 2.75) is 51.6 Å². The number of rotatable bonds is 6. The van der Waals surface area contributed by atoms with Crippen molar-refractivity contribution < 1.29 is 14.0 Å². The topological polar surface area (TPSA) is 37.3 Å². The Bertz CT molecular complexity index is 418. The third kappa shape index (κ3) is 3.66. The predicted octanol–water partition coefficient (Wildman–Crippen LogP) is 3.65. The summed E-state index contributed by atoms with van der Waals surface area (Å²) < 4.78 is 15.3. The molecule has 0 amide bonds. The summed E-state index contributed by atoms with van der Waals surface area (Å²) in [5.41, 5.74) is 1.03. The molecule has 0 aliphatic carbocycles. The number of carboxylic acids is 1. The van der Waals surface area contributed by atoms with Crippen molar-refractivity contribution in [3.63, 3.8) is 0 Å². The first-order valence-electron chi connectivity index (χ1n) is 6.78. The largest absolute Gasteiger partial charge is 0.481 e. The molecule has 106 valence electrons. The molecule has 0 atom stereocenters. The highest BCUT2D eigenvalue weighted by Crippen LogP contribution is 2.33. The maximum Gasteiger partial charge on any atom is 0.303 e. The molecule has 0 fully saturated rings. The zero-order valence-corrected chi connectivity index (χ0v) is 13.1. The van der Waals surface area contributed by atoms with E-state index in [1.807, 2.05) is 52.0 Å². The fourth-order valence-corrected chi connectivity index (χ4v) is 5.86. The molecule has 19 heavy (non-hydrogen) atoms. The Kier molecular flexibility index (Phi) is 5.29. The Morgan fingerprint density at radius 2 is 1.63 bits per heavy atom. The summed E-state index contributed by atoms with van der Waals surface area (Å²) in [4.78, 5) is 10.5. The molecule has 0 unspecified atom stereocenters. The lowest BCUT2D eigenvalue weighted by Crippen LogP contribution is -2.49. The van der Waals surface area contributed by atoms with Crippen molar-refractivity contribution in [1.82, 2.24) is 0 Å². The highest BCUT2D eigenvalue weighted by Gasteiger charge is 2.43. The van der Waals surface area contributed by atoms with Gasteiger partial charge < -0.3 is 9.21 Å². The van der Waals surface area contributed by atoms with E-state index in [9.17, 15) is 4.79 Å². The Labute approximate surface area is 115 Å². The van der Waals surface area contributed by atoms with Crippen LogP contribution in [0, 0.1) is 0 Å². The predicted molar refractivity (Wildman–Crippen MR) is 79.1 cm³/mol. The highest BCUT2D eigenvalue weighted by atomic mass is 28.4. The van der Waals surface area contributed by atoms with Crippen molar-refractivity contribution in [1.29, 1.82) is 0 Å². The van der Waals surface area contributed by atoms with E-state index in [1.165, 1.54) is 0 Å². The van der Waals surface area contributed by atoms with Crippen LogP contribution in [0.1, 0.15) is 39.7 Å². The van der Waals surface area contributed by atoms with Crippen LogP contribution in [-0.4, -0.2) is 19.5 Å². The quantitative estimate of drug-likeness (QED) is 0.638. The molecule has 0 bridgehead atoms. The summed E-state index contributed by atoms with van der Waals surface area (Å²) in [6.07, 6.45) is 0.617. The molecule has 1 rings (SSSR count). The molecule has 4 heteroatoms. The maximum absolute atomic E-state index is 15.3. The number of hydrogen-bond donors (Lipinski definition) is 1. The Balaban J connectivity index is 2.93. The van der Waals surface area contributed by atoms with Crippen LogP contribution in [0.15, 0.2) is 24.3 Å². The minimum Gasteiger partial charge on any atom is -0.481 e. The van der Waals surface area contributed by atoms with Crippen LogP contribution in [-0.2, 0) is 11.2 Å². The van der Waals surface area contributed by atoms with Crippen molar-refractivity contribution in [2.75, 3.05) is 0 Å². The Morgan fingerprint density at radius 3 is 2.00 bits per heavy atom. The first-order valence-corrected chi connectivity index (χ1v) is 8.81. The van der Waals surface area contributed by atoms with Crippen molar-refractivity contribution in [3.8, 4) is 0 Å². The van der Waals surface area contributed by atoms with Crippen molar-refractivity contribution in [2.24, 2.45) is 0 Å². The van der Waals surface area contributed by atoms with Gasteiger partial charge in [-0.3, -0.25) is 4.79 Å². The lowest BCUT2D eigenvalue weighted by molar-refractivity contribution is -0.136. The molecule has 1 aromatic rings. The average molecular weight is 281 g/mol. The number of aliphatic carboxylic acids is 1. The summed E-state index contributed by atoms with van der Waals surface area (Å²) in [6, 6.07) is 7.43. The average Bonchev–Trinajstić information content (AvgIpc) is 2.35. The van der Waals surface area contributed by atoms with Crippen LogP contribution in [0.5, 0.6) is 0 Å². The SMILES string of the molecule is CC(C)[Si]([18F])(c1ccc(CCC(=O)O)cc1)C(C)C. The Hall–Kier alpha value is -1.16. The Morgan fingerprint density at radius 1 is 1.16 bits per heavy atom. The maximum atomic E-state index is 15.3. The van der Waals surface area contributed by atoms with E-state index in [2.05, 4.69) is 0 Å². The second-order valence-corrected chi connectivity index (χ2v) is 10.1. The van der Waals surface area contributed by atoms with Gasteiger partial charge in [0.05, 0.1) is 0 Å². The van der Waals surface area contributed by atoms with E-state index in [0.29, 0.717) is 6.42 Å². The molecule has 0 radical (unpaired) electrons. The van der Waals surface area contributed by atoms with Gasteiger partial charge in [-0.05, 0) is 28.3 Å². The molecule has 2 nitrogen and oxygen atoms in total. The minimum absolute atomic E-state index is 0.0392. The molecule has 0 aliphatic rings. The van der Waals surface area contributed by atoms with Crippen molar-refractivity contribution >= 4 is 19.6 Å². The molecule has 0 heterocycles. The summed E-state index contributed by atoms with van der Waals surface area (Å²) in [7, 11) is -2.96. The lowest BCUT2D eigenvalue weighted by Gasteiger charge is -2.30. The normalized spacial score (nSPS) is 12.2. The summed E-state index contributed by atoms with van der Waals surface area (Å²) in [5.74, 6) is -0.803. The van der Waals surface area contributed by atoms with Gasteiger partial charge in [0.25, 0.3) is 8.41 Å². The standard InChI is InChI=1S/C15H23FO2Si/c1-11(2)19(16,12(3)4)14-8-5-13(6-9-14)7-10-15(17)18/h5-6,8-9,11-12H,7,10H2,1-4H3,(H,17,18)/i16-1. The lowest BCUT2D eigenvalue weighted by atomic mass is 10.1. The monoisotopic (exact) mass is 281 g/mol. The zero-order chi connectivity index (χ0) is 14.6. The molecule has 0 aromatic heterocycles. The van der Waals surface area contributed by atoms with Crippen molar-refractivity contribution in [3.05, 3.63) is 29.8 Å². The van der Waals surface area contributed by atoms with Crippen LogP contribution in [0.25, 0.3) is 0 Å². The van der Waals surface area contributed by atoms with Gasteiger partial charge >= 0.3 is 5.97 Å². The van der Waals surface area contributed by atoms with Gasteiger partial charge in [-0.25, -0.2) is 0 Å². The number of benzene rings is 1. The van der Waals surface area contributed by atoms with E-state index >= 15 is 4.11 Å². The molecule has 0 saturated heterocycles. The van der Waals surface area contributed by atoms with Crippen LogP contribution >= 0.6 is 0 Å². The molecule has 0 aliphatic heterocycles. The van der Waals surface area contributed by atoms with Crippen LogP contribution in [0.2, 0.25) is 11.1 Å². The van der Waals surface area contributed by atoms with E-state index in [0.717, 1.165) is 10.8 Å². The van der Waals surface area contributed by atoms with Gasteiger partial charge in [0.2, 0.25) is 0 Å². The van der Waals surface area contributed by atoms with Gasteiger partial charge in [0.15, 0.2) is 0 Å². The van der Waals surface area contributed by atoms with Crippen LogP contribution in [0.4, 0.5) is 4.11 Å². The van der Waals surface area contributed by atoms with E-state index in [4.69, 9.17) is 5.11 Å². The summed E-state index contributed by atoms with van der Waals surface area (Å²) >= 11 is 0. The van der Waals surface area contributed by atoms with Crippen LogP contribution in [0.3, 0.4) is 0 Å². The first kappa shape index (κ1) is 15.9. The molecule has 0 saturated carbocycles. The fourth-order valence-electron chi connectivity index (χ4n) is 2.51. The smallest absolute Gasteiger partial charge is 0.303 e. The van der Waals surface area contributed by atoms with Gasteiger partial charge in [-0.1, -0.05) is 52.0 Å². The second kappa shape index (κ2) is 6.33. The molecule has 1 aromatic carbocycles. The molecule has 1 N–H and O–H groups in total. The zero-order valence-electron chi connectivity index (χ0n) is 12.1. The number of carboxylic acid groups (broad SMARTS) is 1. The van der Waals surface area contributed by atoms with E-state index < -0.39 is 14.4 Å². The minimum atomic E-state index is -2.96. The number of aryl methyl sites for hydroxylation is 1.